The molecule has 44 heavy (non-hydrogen) atoms. The molecule has 0 unspecified atom stereocenters. The van der Waals surface area contributed by atoms with E-state index >= 15 is 0 Å². The number of H-pyrrole nitrogens is 2. The van der Waals surface area contributed by atoms with Crippen LogP contribution in [-0.4, -0.2) is 90.1 Å². The minimum absolute atomic E-state index is 0.0766. The maximum Gasteiger partial charge on any atom is 0.251 e. The zero-order valence-electron chi connectivity index (χ0n) is 25.5. The molecule has 0 saturated carbocycles. The molecular formula is C35H37N7O2. The van der Waals surface area contributed by atoms with E-state index in [0.717, 1.165) is 74.8 Å². The van der Waals surface area contributed by atoms with E-state index in [1.807, 2.05) is 81.6 Å². The van der Waals surface area contributed by atoms with E-state index in [4.69, 9.17) is 14.7 Å². The highest BCUT2D eigenvalue weighted by molar-refractivity contribution is 5.95. The van der Waals surface area contributed by atoms with Crippen LogP contribution in [0.3, 0.4) is 0 Å². The summed E-state index contributed by atoms with van der Waals surface area (Å²) in [6, 6.07) is 28.0. The molecule has 0 aliphatic heterocycles. The number of hydrogen-bond acceptors (Lipinski definition) is 6. The zero-order valence-corrected chi connectivity index (χ0v) is 25.5. The van der Waals surface area contributed by atoms with Gasteiger partial charge in [0.15, 0.2) is 0 Å². The smallest absolute Gasteiger partial charge is 0.251 e. The number of fused-ring (bicyclic) bond motifs is 2. The molecule has 0 fully saturated rings. The Morgan fingerprint density at radius 1 is 0.682 bits per heavy atom. The molecule has 1 amide bonds. The number of aromatic nitrogens is 4. The number of nitrogens with zero attached hydrogens (tertiary/aromatic N) is 4. The topological polar surface area (TPSA) is 102 Å². The van der Waals surface area contributed by atoms with E-state index in [1.165, 1.54) is 0 Å². The van der Waals surface area contributed by atoms with Crippen LogP contribution >= 0.6 is 0 Å². The molecule has 2 aromatic heterocycles. The van der Waals surface area contributed by atoms with Crippen LogP contribution in [0.1, 0.15) is 10.4 Å². The number of rotatable bonds is 11. The van der Waals surface area contributed by atoms with Gasteiger partial charge in [-0.05, 0) is 100.0 Å². The van der Waals surface area contributed by atoms with E-state index in [0.29, 0.717) is 18.7 Å². The Hall–Kier alpha value is -4.99. The highest BCUT2D eigenvalue weighted by atomic mass is 16.5. The summed E-state index contributed by atoms with van der Waals surface area (Å²) < 4.78 is 5.82. The van der Waals surface area contributed by atoms with Crippen molar-refractivity contribution in [3.05, 3.63) is 90.5 Å². The molecule has 0 atom stereocenters. The van der Waals surface area contributed by atoms with Crippen molar-refractivity contribution in [1.29, 1.82) is 0 Å². The fourth-order valence-corrected chi connectivity index (χ4v) is 4.97. The molecule has 6 rings (SSSR count). The summed E-state index contributed by atoms with van der Waals surface area (Å²) in [5, 5.41) is 2.95. The third-order valence-corrected chi connectivity index (χ3v) is 7.50. The molecule has 9 nitrogen and oxygen atoms in total. The van der Waals surface area contributed by atoms with Crippen LogP contribution in [0.15, 0.2) is 84.9 Å². The number of amides is 1. The second-order valence-corrected chi connectivity index (χ2v) is 11.4. The molecule has 4 aromatic carbocycles. The van der Waals surface area contributed by atoms with E-state index in [1.54, 1.807) is 0 Å². The Labute approximate surface area is 256 Å². The van der Waals surface area contributed by atoms with Gasteiger partial charge in [-0.2, -0.15) is 0 Å². The summed E-state index contributed by atoms with van der Waals surface area (Å²) in [4.78, 5) is 33.2. The van der Waals surface area contributed by atoms with Crippen molar-refractivity contribution in [1.82, 2.24) is 35.1 Å². The number of aromatic amines is 2. The van der Waals surface area contributed by atoms with Crippen molar-refractivity contribution < 1.29 is 9.53 Å². The second kappa shape index (κ2) is 12.7. The highest BCUT2D eigenvalue weighted by Crippen LogP contribution is 2.30. The summed E-state index contributed by atoms with van der Waals surface area (Å²) in [5.41, 5.74) is 8.39. The number of ether oxygens (including phenoxy) is 1. The molecule has 0 spiro atoms. The molecule has 0 aliphatic carbocycles. The average molecular weight is 588 g/mol. The Bertz CT molecular complexity index is 1890. The number of benzene rings is 4. The van der Waals surface area contributed by atoms with Crippen molar-refractivity contribution in [2.75, 3.05) is 54.4 Å². The van der Waals surface area contributed by atoms with Crippen LogP contribution in [0.4, 0.5) is 0 Å². The molecule has 6 aromatic rings. The number of hydrogen-bond donors (Lipinski definition) is 3. The predicted octanol–water partition coefficient (Wildman–Crippen LogP) is 5.67. The summed E-state index contributed by atoms with van der Waals surface area (Å²) in [5.74, 6) is 2.36. The van der Waals surface area contributed by atoms with E-state index < -0.39 is 0 Å². The molecule has 0 aliphatic rings. The second-order valence-electron chi connectivity index (χ2n) is 11.4. The van der Waals surface area contributed by atoms with Crippen molar-refractivity contribution in [2.24, 2.45) is 0 Å². The van der Waals surface area contributed by atoms with Crippen molar-refractivity contribution in [3.63, 3.8) is 0 Å². The number of nitrogens with one attached hydrogen (secondary N) is 3. The average Bonchev–Trinajstić information content (AvgIpc) is 3.65. The van der Waals surface area contributed by atoms with Gasteiger partial charge >= 0.3 is 0 Å². The SMILES string of the molecule is CN(C)CCNC(=O)c1ccc(-c2nc3cc(-c4ccc5[nH]c(-c6ccc(OCCN(C)C)cc6)nc5c4)ccc3[nH]2)cc1. The Morgan fingerprint density at radius 3 is 1.70 bits per heavy atom. The van der Waals surface area contributed by atoms with Gasteiger partial charge in [0, 0.05) is 36.3 Å². The lowest BCUT2D eigenvalue weighted by atomic mass is 10.0. The first kappa shape index (κ1) is 29.1. The van der Waals surface area contributed by atoms with Gasteiger partial charge in [0.05, 0.1) is 22.1 Å². The van der Waals surface area contributed by atoms with Gasteiger partial charge in [-0.3, -0.25) is 4.79 Å². The summed E-state index contributed by atoms with van der Waals surface area (Å²) in [7, 11) is 8.03. The number of likely N-dealkylation sites (N-methyl/N-ethyl adjacent to an activating group) is 2. The summed E-state index contributed by atoms with van der Waals surface area (Å²) in [6.45, 7) is 2.92. The van der Waals surface area contributed by atoms with E-state index in [9.17, 15) is 4.79 Å². The van der Waals surface area contributed by atoms with Gasteiger partial charge in [0.1, 0.15) is 24.0 Å². The molecule has 0 saturated heterocycles. The first-order chi connectivity index (χ1) is 21.3. The van der Waals surface area contributed by atoms with Gasteiger partial charge < -0.3 is 29.8 Å². The molecule has 2 heterocycles. The van der Waals surface area contributed by atoms with Crippen molar-refractivity contribution in [2.45, 2.75) is 0 Å². The lowest BCUT2D eigenvalue weighted by Crippen LogP contribution is -2.31. The maximum absolute atomic E-state index is 12.4. The highest BCUT2D eigenvalue weighted by Gasteiger charge is 2.12. The third-order valence-electron chi connectivity index (χ3n) is 7.50. The van der Waals surface area contributed by atoms with Gasteiger partial charge in [-0.25, -0.2) is 9.97 Å². The normalized spacial score (nSPS) is 11.6. The quantitative estimate of drug-likeness (QED) is 0.181. The predicted molar refractivity (Wildman–Crippen MR) is 177 cm³/mol. The maximum atomic E-state index is 12.4. The van der Waals surface area contributed by atoms with Crippen molar-refractivity contribution >= 4 is 28.0 Å². The molecule has 224 valence electrons. The minimum Gasteiger partial charge on any atom is -0.492 e. The fourth-order valence-electron chi connectivity index (χ4n) is 4.97. The van der Waals surface area contributed by atoms with Crippen LogP contribution in [0.2, 0.25) is 0 Å². The van der Waals surface area contributed by atoms with Crippen LogP contribution < -0.4 is 10.1 Å². The van der Waals surface area contributed by atoms with E-state index in [2.05, 4.69) is 56.6 Å². The first-order valence-corrected chi connectivity index (χ1v) is 14.7. The minimum atomic E-state index is -0.0766. The fraction of sp³-hybridized carbons (Fsp3) is 0.229. The molecule has 0 bridgehead atoms. The Kier molecular flexibility index (Phi) is 8.40. The van der Waals surface area contributed by atoms with Crippen LogP contribution in [-0.2, 0) is 0 Å². The van der Waals surface area contributed by atoms with Gasteiger partial charge in [0.2, 0.25) is 0 Å². The monoisotopic (exact) mass is 587 g/mol. The van der Waals surface area contributed by atoms with Gasteiger partial charge in [-0.15, -0.1) is 0 Å². The number of carbonyl (C=O) groups excluding carboxylic acids is 1. The van der Waals surface area contributed by atoms with Crippen LogP contribution in [0.25, 0.3) is 56.0 Å². The Morgan fingerprint density at radius 2 is 1.18 bits per heavy atom. The lowest BCUT2D eigenvalue weighted by molar-refractivity contribution is 0.0951. The van der Waals surface area contributed by atoms with Crippen LogP contribution in [0.5, 0.6) is 5.75 Å². The zero-order chi connectivity index (χ0) is 30.6. The molecule has 0 radical (unpaired) electrons. The largest absolute Gasteiger partial charge is 0.492 e. The number of imidazole rings is 2. The molecule has 3 N–H and O–H groups in total. The number of carbonyl (C=O) groups is 1. The molecular weight excluding hydrogens is 550 g/mol. The lowest BCUT2D eigenvalue weighted by Gasteiger charge is -2.11. The summed E-state index contributed by atoms with van der Waals surface area (Å²) in [6.07, 6.45) is 0. The standard InChI is InChI=1S/C35H37N7O2/c1-41(2)18-17-36-35(43)25-7-5-23(6-8-25)33-37-29-15-11-26(21-31(29)39-33)27-12-16-30-32(22-27)40-34(38-30)24-9-13-28(14-10-24)44-20-19-42(3)4/h5-16,21-22H,17-20H2,1-4H3,(H,36,43)(H,37,39)(H,38,40). The first-order valence-electron chi connectivity index (χ1n) is 14.7. The van der Waals surface area contributed by atoms with Crippen molar-refractivity contribution in [3.8, 4) is 39.7 Å². The summed E-state index contributed by atoms with van der Waals surface area (Å²) >= 11 is 0. The van der Waals surface area contributed by atoms with Gasteiger partial charge in [-0.1, -0.05) is 24.3 Å². The Balaban J connectivity index is 1.17. The molecule has 9 heteroatoms. The van der Waals surface area contributed by atoms with Gasteiger partial charge in [0.25, 0.3) is 5.91 Å². The van der Waals surface area contributed by atoms with E-state index in [-0.39, 0.29) is 5.91 Å². The third kappa shape index (κ3) is 6.64. The van der Waals surface area contributed by atoms with Crippen LogP contribution in [0, 0.1) is 0 Å².